The van der Waals surface area contributed by atoms with Crippen molar-refractivity contribution in [3.8, 4) is 0 Å². The van der Waals surface area contributed by atoms with Gasteiger partial charge in [-0.25, -0.2) is 0 Å². The van der Waals surface area contributed by atoms with Crippen LogP contribution in [0.25, 0.3) is 0 Å². The van der Waals surface area contributed by atoms with Gasteiger partial charge in [0.25, 0.3) is 0 Å². The molecule has 374 valence electrons. The molecule has 3 saturated heterocycles. The maximum atomic E-state index is 13.0. The van der Waals surface area contributed by atoms with E-state index in [-0.39, 0.29) is 66.1 Å². The first-order valence-electron chi connectivity index (χ1n) is 24.7. The highest BCUT2D eigenvalue weighted by Crippen LogP contribution is 2.71. The predicted molar refractivity (Wildman–Crippen MR) is 234 cm³/mol. The smallest absolute Gasteiger partial charge is 0.309 e. The van der Waals surface area contributed by atoms with Gasteiger partial charge in [0.2, 0.25) is 0 Å². The van der Waals surface area contributed by atoms with Crippen LogP contribution in [0, 0.1) is 34.5 Å². The largest absolute Gasteiger partial charge is 0.462 e. The van der Waals surface area contributed by atoms with Crippen LogP contribution >= 0.6 is 0 Å². The predicted octanol–water partition coefficient (Wildman–Crippen LogP) is 5.36. The molecule has 7 fully saturated rings. The van der Waals surface area contributed by atoms with E-state index in [0.29, 0.717) is 44.4 Å². The molecule has 0 radical (unpaired) electrons. The molecule has 3 N–H and O–H groups in total. The van der Waals surface area contributed by atoms with Crippen molar-refractivity contribution in [1.82, 2.24) is 0 Å². The Balaban J connectivity index is 0.969. The Morgan fingerprint density at radius 1 is 0.708 bits per heavy atom. The number of carbonyl (C=O) groups is 2. The van der Waals surface area contributed by atoms with Gasteiger partial charge in [0.1, 0.15) is 36.1 Å². The highest BCUT2D eigenvalue weighted by Gasteiger charge is 2.77. The van der Waals surface area contributed by atoms with Crippen molar-refractivity contribution in [2.75, 3.05) is 21.3 Å². The van der Waals surface area contributed by atoms with Crippen LogP contribution in [-0.2, 0) is 61.7 Å². The van der Waals surface area contributed by atoms with Crippen molar-refractivity contribution in [1.29, 1.82) is 0 Å². The number of hydrogen-bond acceptors (Lipinski definition) is 16. The second kappa shape index (κ2) is 20.1. The summed E-state index contributed by atoms with van der Waals surface area (Å²) < 4.78 is 68.2. The summed E-state index contributed by atoms with van der Waals surface area (Å²) >= 11 is 0. The Morgan fingerprint density at radius 2 is 1.26 bits per heavy atom. The Morgan fingerprint density at radius 3 is 1.82 bits per heavy atom. The van der Waals surface area contributed by atoms with Gasteiger partial charge >= 0.3 is 11.9 Å². The zero-order chi connectivity index (χ0) is 47.4. The molecule has 0 amide bonds. The van der Waals surface area contributed by atoms with Crippen LogP contribution in [0.3, 0.4) is 0 Å². The van der Waals surface area contributed by atoms with Gasteiger partial charge in [-0.05, 0) is 109 Å². The van der Waals surface area contributed by atoms with Crippen molar-refractivity contribution in [3.05, 3.63) is 0 Å². The lowest BCUT2D eigenvalue weighted by atomic mass is 9.42. The molecule has 7 rings (SSSR count). The molecule has 3 aliphatic heterocycles. The number of hydrogen-bond donors (Lipinski definition) is 3. The summed E-state index contributed by atoms with van der Waals surface area (Å²) in [6.07, 6.45) is -0.200. The van der Waals surface area contributed by atoms with Crippen molar-refractivity contribution in [3.63, 3.8) is 0 Å². The third kappa shape index (κ3) is 9.33. The van der Waals surface area contributed by atoms with Crippen molar-refractivity contribution >= 4 is 11.9 Å². The second-order valence-corrected chi connectivity index (χ2v) is 21.3. The fourth-order valence-electron chi connectivity index (χ4n) is 13.8. The van der Waals surface area contributed by atoms with Gasteiger partial charge in [0.05, 0.1) is 59.7 Å². The van der Waals surface area contributed by atoms with Gasteiger partial charge in [0, 0.05) is 47.5 Å². The lowest BCUT2D eigenvalue weighted by molar-refractivity contribution is -0.339. The minimum atomic E-state index is -1.60. The molecule has 0 aromatic carbocycles. The van der Waals surface area contributed by atoms with E-state index in [9.17, 15) is 24.9 Å². The normalized spacial score (nSPS) is 49.7. The maximum absolute atomic E-state index is 13.0. The van der Waals surface area contributed by atoms with Crippen molar-refractivity contribution in [2.24, 2.45) is 34.5 Å². The summed E-state index contributed by atoms with van der Waals surface area (Å²) in [5.41, 5.74) is -4.36. The fourth-order valence-corrected chi connectivity index (χ4v) is 13.8. The molecular formula is C49H82O16. The molecule has 0 bridgehead atoms. The highest BCUT2D eigenvalue weighted by atomic mass is 16.7. The topological polar surface area (TPSA) is 196 Å². The first kappa shape index (κ1) is 51.3. The molecule has 16 heteroatoms. The summed E-state index contributed by atoms with van der Waals surface area (Å²) in [6.45, 7) is 16.7. The van der Waals surface area contributed by atoms with Crippen LogP contribution in [0.5, 0.6) is 0 Å². The summed E-state index contributed by atoms with van der Waals surface area (Å²) in [5.74, 6) is -0.966. The highest BCUT2D eigenvalue weighted by molar-refractivity contribution is 5.72. The summed E-state index contributed by atoms with van der Waals surface area (Å²) in [6, 6.07) is 0. The number of ether oxygens (including phenoxy) is 11. The zero-order valence-electron chi connectivity index (χ0n) is 41.1. The first-order chi connectivity index (χ1) is 30.7. The van der Waals surface area contributed by atoms with Gasteiger partial charge in [0.15, 0.2) is 18.9 Å². The van der Waals surface area contributed by atoms with Gasteiger partial charge < -0.3 is 67.4 Å². The average molecular weight is 927 g/mol. The monoisotopic (exact) mass is 927 g/mol. The number of rotatable bonds is 14. The van der Waals surface area contributed by atoms with Crippen LogP contribution in [-0.4, -0.2) is 152 Å². The third-order valence-electron chi connectivity index (χ3n) is 18.1. The number of carbonyl (C=O) groups excluding carboxylic acids is 2. The minimum Gasteiger partial charge on any atom is -0.462 e. The SMILES string of the molecule is CC[C@H](C)C(=O)O[C@@H](C)[C@]1(O)CC[C@]2(O)[C@@H]3CC[C@H]4C[C@@H](O[C@H]5C[C@H](OC)[C@H](O[C@H]6C[C@H](OC)[C@H](O[C@H]7C[C@@H](OC)[C@H](O)[C@@H](C)O7)[C@@H](C)O6)[C@@H](C)O5)CC[C@]4(C)[C@H]3C[C@@H](OC(C)=O)[C@]12C. The lowest BCUT2D eigenvalue weighted by Gasteiger charge is -2.66. The summed E-state index contributed by atoms with van der Waals surface area (Å²) in [7, 11) is 4.90. The minimum absolute atomic E-state index is 0.0391. The molecule has 0 unspecified atom stereocenters. The maximum Gasteiger partial charge on any atom is 0.309 e. The van der Waals surface area contributed by atoms with Gasteiger partial charge in [-0.15, -0.1) is 0 Å². The van der Waals surface area contributed by atoms with Gasteiger partial charge in [-0.3, -0.25) is 9.59 Å². The van der Waals surface area contributed by atoms with Crippen molar-refractivity contribution in [2.45, 2.75) is 243 Å². The molecule has 4 saturated carbocycles. The Bertz CT molecular complexity index is 1640. The first-order valence-corrected chi connectivity index (χ1v) is 24.7. The molecule has 65 heavy (non-hydrogen) atoms. The number of fused-ring (bicyclic) bond motifs is 5. The molecule has 16 nitrogen and oxygen atoms in total. The Labute approximate surface area is 386 Å². The van der Waals surface area contributed by atoms with Gasteiger partial charge in [-0.2, -0.15) is 0 Å². The quantitative estimate of drug-likeness (QED) is 0.149. The number of methoxy groups -OCH3 is 3. The molecule has 4 aliphatic carbocycles. The molecule has 0 spiro atoms. The third-order valence-corrected chi connectivity index (χ3v) is 18.1. The van der Waals surface area contributed by atoms with Crippen LogP contribution in [0.1, 0.15) is 139 Å². The van der Waals surface area contributed by atoms with Crippen molar-refractivity contribution < 1.29 is 77.0 Å². The van der Waals surface area contributed by atoms with Crippen LogP contribution in [0.2, 0.25) is 0 Å². The van der Waals surface area contributed by atoms with E-state index in [0.717, 1.165) is 32.1 Å². The van der Waals surface area contributed by atoms with E-state index in [1.807, 2.05) is 27.7 Å². The number of esters is 2. The van der Waals surface area contributed by atoms with E-state index in [4.69, 9.17) is 52.1 Å². The summed E-state index contributed by atoms with van der Waals surface area (Å²) in [5, 5.41) is 36.1. The Hall–Kier alpha value is -1.54. The van der Waals surface area contributed by atoms with E-state index in [1.54, 1.807) is 42.1 Å². The fraction of sp³-hybridized carbons (Fsp3) is 0.959. The Kier molecular flexibility index (Phi) is 15.8. The number of aliphatic hydroxyl groups excluding tert-OH is 1. The van der Waals surface area contributed by atoms with E-state index in [1.165, 1.54) is 6.92 Å². The van der Waals surface area contributed by atoms with Gasteiger partial charge in [-0.1, -0.05) is 27.7 Å². The molecule has 7 aliphatic rings. The van der Waals surface area contributed by atoms with E-state index < -0.39 is 84.2 Å². The molecule has 0 aromatic heterocycles. The van der Waals surface area contributed by atoms with Crippen LogP contribution < -0.4 is 0 Å². The van der Waals surface area contributed by atoms with E-state index >= 15 is 0 Å². The average Bonchev–Trinajstić information content (AvgIpc) is 3.49. The standard InChI is InChI=1S/C49H82O16/c1-13-25(2)45(52)61-29(6)48(53)18-19-49(54)33-15-14-31-20-32(16-17-46(31,8)34(33)21-38(47(48,49)9)62-30(7)50)63-39-23-36(56-11)43(27(4)59-39)65-41-24-37(57-12)44(28(5)60-41)64-40-22-35(55-10)42(51)26(3)58-40/h25-29,31-44,51,53-54H,13-24H2,1-12H3/t25-,26+,27+,28+,29-,31-,32-,33+,34-,35+,36-,37-,38+,39-,40-,41-,42+,43+,44+,46-,47+,48+,49-/m0/s1. The molecular weight excluding hydrogens is 845 g/mol. The lowest BCUT2D eigenvalue weighted by Crippen LogP contribution is -2.72. The summed E-state index contributed by atoms with van der Waals surface area (Å²) in [4.78, 5) is 25.8. The number of aliphatic hydroxyl groups is 3. The second-order valence-electron chi connectivity index (χ2n) is 21.3. The van der Waals surface area contributed by atoms with E-state index in [2.05, 4.69) is 6.92 Å². The molecule has 0 aromatic rings. The zero-order valence-corrected chi connectivity index (χ0v) is 41.1. The van der Waals surface area contributed by atoms with Crippen LogP contribution in [0.4, 0.5) is 0 Å². The molecule has 3 heterocycles. The molecule has 23 atom stereocenters. The van der Waals surface area contributed by atoms with Crippen LogP contribution in [0.15, 0.2) is 0 Å².